The third-order valence-corrected chi connectivity index (χ3v) is 2.97. The van der Waals surface area contributed by atoms with Crippen LogP contribution in [0.4, 0.5) is 0 Å². The fourth-order valence-electron chi connectivity index (χ4n) is 1.73. The van der Waals surface area contributed by atoms with E-state index in [1.54, 1.807) is 0 Å². The molecule has 0 aliphatic rings. The number of rotatable bonds is 7. The summed E-state index contributed by atoms with van der Waals surface area (Å²) in [6, 6.07) is 2.15. The number of carbonyl (C=O) groups is 4. The molecule has 1 aromatic heterocycles. The highest BCUT2D eigenvalue weighted by Crippen LogP contribution is 2.23. The SMILES string of the molecule is O=C(O)C(C(=O)O)c1cc(CCl)cc(C(C(=O)O)C(=O)O)n1. The van der Waals surface area contributed by atoms with Crippen LogP contribution >= 0.6 is 11.6 Å². The predicted octanol–water partition coefficient (Wildman–Crippen LogP) is 0.326. The van der Waals surface area contributed by atoms with E-state index in [-0.39, 0.29) is 11.4 Å². The summed E-state index contributed by atoms with van der Waals surface area (Å²) < 4.78 is 0. The Morgan fingerprint density at radius 2 is 1.18 bits per heavy atom. The Balaban J connectivity index is 3.53. The van der Waals surface area contributed by atoms with Crippen LogP contribution in [0.15, 0.2) is 12.1 Å². The van der Waals surface area contributed by atoms with Gasteiger partial charge in [-0.2, -0.15) is 0 Å². The Morgan fingerprint density at radius 1 is 0.864 bits per heavy atom. The van der Waals surface area contributed by atoms with Crippen molar-refractivity contribution in [1.29, 1.82) is 0 Å². The van der Waals surface area contributed by atoms with E-state index >= 15 is 0 Å². The van der Waals surface area contributed by atoms with E-state index in [2.05, 4.69) is 4.98 Å². The van der Waals surface area contributed by atoms with Crippen molar-refractivity contribution in [2.75, 3.05) is 0 Å². The van der Waals surface area contributed by atoms with Crippen molar-refractivity contribution < 1.29 is 39.6 Å². The highest BCUT2D eigenvalue weighted by Gasteiger charge is 2.34. The van der Waals surface area contributed by atoms with Crippen molar-refractivity contribution in [1.82, 2.24) is 4.98 Å². The van der Waals surface area contributed by atoms with Crippen LogP contribution in [0.1, 0.15) is 28.8 Å². The lowest BCUT2D eigenvalue weighted by Crippen LogP contribution is -2.26. The number of hydrogen-bond donors (Lipinski definition) is 4. The Bertz CT molecular complexity index is 566. The number of aliphatic carboxylic acids is 4. The summed E-state index contributed by atoms with van der Waals surface area (Å²) in [4.78, 5) is 47.6. The maximum absolute atomic E-state index is 11.0. The van der Waals surface area contributed by atoms with Crippen molar-refractivity contribution in [3.8, 4) is 0 Å². The highest BCUT2D eigenvalue weighted by atomic mass is 35.5. The Hall–Kier alpha value is -2.68. The summed E-state index contributed by atoms with van der Waals surface area (Å²) in [7, 11) is 0. The summed E-state index contributed by atoms with van der Waals surface area (Å²) in [5.74, 6) is -11.2. The fourth-order valence-corrected chi connectivity index (χ4v) is 1.88. The molecule has 0 aromatic carbocycles. The number of aromatic nitrogens is 1. The van der Waals surface area contributed by atoms with Gasteiger partial charge in [0.05, 0.1) is 11.4 Å². The minimum Gasteiger partial charge on any atom is -0.480 e. The second-order valence-electron chi connectivity index (χ2n) is 4.18. The number of carboxylic acid groups (broad SMARTS) is 4. The zero-order valence-electron chi connectivity index (χ0n) is 10.8. The van der Waals surface area contributed by atoms with Gasteiger partial charge in [-0.15, -0.1) is 11.6 Å². The number of carboxylic acids is 4. The Labute approximate surface area is 127 Å². The van der Waals surface area contributed by atoms with E-state index in [1.807, 2.05) is 0 Å². The quantitative estimate of drug-likeness (QED) is 0.407. The van der Waals surface area contributed by atoms with Gasteiger partial charge in [-0.1, -0.05) is 0 Å². The smallest absolute Gasteiger partial charge is 0.324 e. The molecule has 0 aliphatic carbocycles. The highest BCUT2D eigenvalue weighted by molar-refractivity contribution is 6.17. The topological polar surface area (TPSA) is 162 Å². The molecule has 1 heterocycles. The van der Waals surface area contributed by atoms with Gasteiger partial charge in [-0.3, -0.25) is 24.2 Å². The maximum atomic E-state index is 11.0. The molecule has 4 N–H and O–H groups in total. The van der Waals surface area contributed by atoms with E-state index in [0.29, 0.717) is 0 Å². The molecule has 9 nitrogen and oxygen atoms in total. The first kappa shape index (κ1) is 17.4. The minimum absolute atomic E-state index is 0.154. The van der Waals surface area contributed by atoms with Gasteiger partial charge < -0.3 is 20.4 Å². The molecule has 1 aromatic rings. The van der Waals surface area contributed by atoms with Crippen LogP contribution in [0.3, 0.4) is 0 Å². The number of nitrogens with zero attached hydrogens (tertiary/aromatic N) is 1. The Kier molecular flexibility index (Phi) is 5.41. The second kappa shape index (κ2) is 6.85. The Morgan fingerprint density at radius 3 is 1.41 bits per heavy atom. The summed E-state index contributed by atoms with van der Waals surface area (Å²) >= 11 is 5.58. The van der Waals surface area contributed by atoms with Crippen molar-refractivity contribution in [2.45, 2.75) is 17.7 Å². The van der Waals surface area contributed by atoms with Gasteiger partial charge in [0, 0.05) is 5.88 Å². The second-order valence-corrected chi connectivity index (χ2v) is 4.44. The molecule has 118 valence electrons. The third-order valence-electron chi connectivity index (χ3n) is 2.66. The van der Waals surface area contributed by atoms with Crippen LogP contribution in [-0.4, -0.2) is 49.3 Å². The molecule has 0 saturated carbocycles. The molecule has 10 heteroatoms. The minimum atomic E-state index is -2.06. The lowest BCUT2D eigenvalue weighted by Gasteiger charge is -2.13. The first-order valence-corrected chi connectivity index (χ1v) is 6.20. The molecule has 0 spiro atoms. The van der Waals surface area contributed by atoms with Gasteiger partial charge in [0.25, 0.3) is 0 Å². The van der Waals surface area contributed by atoms with E-state index in [9.17, 15) is 19.2 Å². The van der Waals surface area contributed by atoms with E-state index in [4.69, 9.17) is 32.0 Å². The largest absolute Gasteiger partial charge is 0.480 e. The summed E-state index contributed by atoms with van der Waals surface area (Å²) in [5.41, 5.74) is -0.844. The zero-order chi connectivity index (χ0) is 17.0. The molecular formula is C12H10ClNO8. The molecule has 0 amide bonds. The standard InChI is InChI=1S/C12H10ClNO8/c13-3-4-1-5(7(9(15)16)10(17)18)14-6(2-4)8(11(19)20)12(21)22/h1-2,7-8H,3H2,(H,15,16)(H,17,18)(H,19,20)(H,21,22). The zero-order valence-corrected chi connectivity index (χ0v) is 11.5. The maximum Gasteiger partial charge on any atom is 0.324 e. The molecular weight excluding hydrogens is 322 g/mol. The van der Waals surface area contributed by atoms with Crippen LogP contribution in [-0.2, 0) is 25.1 Å². The number of hydrogen-bond acceptors (Lipinski definition) is 5. The van der Waals surface area contributed by atoms with Crippen LogP contribution in [0, 0.1) is 0 Å². The van der Waals surface area contributed by atoms with Crippen molar-refractivity contribution in [3.63, 3.8) is 0 Å². The molecule has 0 aliphatic heterocycles. The predicted molar refractivity (Wildman–Crippen MR) is 69.8 cm³/mol. The van der Waals surface area contributed by atoms with Gasteiger partial charge in [0.2, 0.25) is 0 Å². The summed E-state index contributed by atoms with van der Waals surface area (Å²) in [6.45, 7) is 0. The van der Waals surface area contributed by atoms with Gasteiger partial charge in [-0.05, 0) is 17.7 Å². The van der Waals surface area contributed by atoms with Crippen LogP contribution in [0.2, 0.25) is 0 Å². The first-order chi connectivity index (χ1) is 10.2. The monoisotopic (exact) mass is 331 g/mol. The first-order valence-electron chi connectivity index (χ1n) is 5.67. The normalized spacial score (nSPS) is 10.7. The summed E-state index contributed by atoms with van der Waals surface area (Å²) in [5, 5.41) is 35.7. The molecule has 0 bridgehead atoms. The number of pyridine rings is 1. The molecule has 22 heavy (non-hydrogen) atoms. The fraction of sp³-hybridized carbons (Fsp3) is 0.250. The van der Waals surface area contributed by atoms with E-state index in [0.717, 1.165) is 12.1 Å². The average Bonchev–Trinajstić information content (AvgIpc) is 2.36. The molecule has 0 fully saturated rings. The van der Waals surface area contributed by atoms with Gasteiger partial charge >= 0.3 is 23.9 Å². The molecule has 0 unspecified atom stereocenters. The molecule has 0 radical (unpaired) electrons. The lowest BCUT2D eigenvalue weighted by atomic mass is 9.99. The summed E-state index contributed by atoms with van der Waals surface area (Å²) in [6.07, 6.45) is 0. The average molecular weight is 332 g/mol. The molecule has 0 saturated heterocycles. The van der Waals surface area contributed by atoms with Gasteiger partial charge in [0.15, 0.2) is 11.8 Å². The van der Waals surface area contributed by atoms with Crippen LogP contribution < -0.4 is 0 Å². The van der Waals surface area contributed by atoms with Gasteiger partial charge in [0.1, 0.15) is 0 Å². The van der Waals surface area contributed by atoms with Crippen molar-refractivity contribution in [3.05, 3.63) is 29.1 Å². The van der Waals surface area contributed by atoms with Crippen LogP contribution in [0.5, 0.6) is 0 Å². The molecule has 1 rings (SSSR count). The van der Waals surface area contributed by atoms with Gasteiger partial charge in [-0.25, -0.2) is 0 Å². The van der Waals surface area contributed by atoms with Crippen molar-refractivity contribution in [2.24, 2.45) is 0 Å². The van der Waals surface area contributed by atoms with Crippen molar-refractivity contribution >= 4 is 35.5 Å². The van der Waals surface area contributed by atoms with E-state index < -0.39 is 47.1 Å². The number of alkyl halides is 1. The molecule has 0 atom stereocenters. The van der Waals surface area contributed by atoms with Crippen LogP contribution in [0.25, 0.3) is 0 Å². The third kappa shape index (κ3) is 3.70. The number of halogens is 1. The van der Waals surface area contributed by atoms with E-state index in [1.165, 1.54) is 0 Å². The lowest BCUT2D eigenvalue weighted by molar-refractivity contribution is -0.151.